The Morgan fingerprint density at radius 1 is 1.62 bits per heavy atom. The molecule has 0 radical (unpaired) electrons. The summed E-state index contributed by atoms with van der Waals surface area (Å²) in [5, 5.41) is 0. The van der Waals surface area contributed by atoms with E-state index in [0.29, 0.717) is 0 Å². The molecule has 86 valence electrons. The summed E-state index contributed by atoms with van der Waals surface area (Å²) in [4.78, 5) is 15.9. The molecule has 1 atom stereocenters. The predicted molar refractivity (Wildman–Crippen MR) is 66.3 cm³/mol. The van der Waals surface area contributed by atoms with Gasteiger partial charge in [-0.3, -0.25) is 9.78 Å². The van der Waals surface area contributed by atoms with Gasteiger partial charge in [-0.1, -0.05) is 6.07 Å². The molecule has 2 N–H and O–H groups in total. The molecule has 3 nitrogen and oxygen atoms in total. The second kappa shape index (κ2) is 4.87. The first kappa shape index (κ1) is 11.5. The van der Waals surface area contributed by atoms with Gasteiger partial charge in [0.1, 0.15) is 0 Å². The lowest BCUT2D eigenvalue weighted by Crippen LogP contribution is -2.25. The van der Waals surface area contributed by atoms with Gasteiger partial charge >= 0.3 is 0 Å². The van der Waals surface area contributed by atoms with Crippen LogP contribution in [-0.2, 0) is 17.0 Å². The van der Waals surface area contributed by atoms with Crippen molar-refractivity contribution in [3.63, 3.8) is 0 Å². The standard InChI is InChI=1S/C12H16N2OS/c1-16-7-8-5-6-9-10(12(13)15)3-2-4-11(9)14-8/h5-6,10H,2-4,7H2,1H3,(H2,13,15). The fourth-order valence-corrected chi connectivity index (χ4v) is 2.68. The summed E-state index contributed by atoms with van der Waals surface area (Å²) in [6.07, 6.45) is 4.91. The van der Waals surface area contributed by atoms with Crippen LogP contribution in [0.15, 0.2) is 12.1 Å². The fraction of sp³-hybridized carbons (Fsp3) is 0.500. The molecule has 1 aromatic rings. The third kappa shape index (κ3) is 2.21. The number of aromatic nitrogens is 1. The summed E-state index contributed by atoms with van der Waals surface area (Å²) in [6, 6.07) is 4.04. The van der Waals surface area contributed by atoms with E-state index in [0.717, 1.165) is 42.0 Å². The Balaban J connectivity index is 2.33. The van der Waals surface area contributed by atoms with Crippen molar-refractivity contribution in [2.45, 2.75) is 30.9 Å². The molecule has 0 saturated heterocycles. The van der Waals surface area contributed by atoms with Crippen LogP contribution in [0.25, 0.3) is 0 Å². The van der Waals surface area contributed by atoms with Crippen LogP contribution >= 0.6 is 11.8 Å². The number of carbonyl (C=O) groups is 1. The molecule has 1 unspecified atom stereocenters. The first-order chi connectivity index (χ1) is 7.72. The zero-order valence-corrected chi connectivity index (χ0v) is 10.2. The highest BCUT2D eigenvalue weighted by atomic mass is 32.2. The van der Waals surface area contributed by atoms with Crippen molar-refractivity contribution in [2.24, 2.45) is 5.73 Å². The number of hydrogen-bond donors (Lipinski definition) is 1. The molecular weight excluding hydrogens is 220 g/mol. The number of amides is 1. The molecule has 2 rings (SSSR count). The quantitative estimate of drug-likeness (QED) is 0.871. The van der Waals surface area contributed by atoms with Gasteiger partial charge in [0.25, 0.3) is 0 Å². The second-order valence-electron chi connectivity index (χ2n) is 4.12. The molecule has 0 saturated carbocycles. The Labute approximate surface area is 99.8 Å². The molecule has 1 aliphatic carbocycles. The molecule has 0 bridgehead atoms. The Kier molecular flexibility index (Phi) is 3.49. The van der Waals surface area contributed by atoms with Crippen LogP contribution < -0.4 is 5.73 Å². The van der Waals surface area contributed by atoms with Crippen molar-refractivity contribution in [1.29, 1.82) is 0 Å². The summed E-state index contributed by atoms with van der Waals surface area (Å²) >= 11 is 1.76. The Bertz CT molecular complexity index is 406. The maximum Gasteiger partial charge on any atom is 0.225 e. The molecule has 1 aliphatic rings. The number of hydrogen-bond acceptors (Lipinski definition) is 3. The van der Waals surface area contributed by atoms with Crippen LogP contribution in [-0.4, -0.2) is 17.1 Å². The Hall–Kier alpha value is -1.03. The van der Waals surface area contributed by atoms with Crippen LogP contribution in [0.4, 0.5) is 0 Å². The van der Waals surface area contributed by atoms with Crippen molar-refractivity contribution < 1.29 is 4.79 Å². The number of primary amides is 1. The molecule has 0 aliphatic heterocycles. The molecule has 1 amide bonds. The van der Waals surface area contributed by atoms with Gasteiger partial charge in [-0.15, -0.1) is 0 Å². The van der Waals surface area contributed by atoms with Crippen LogP contribution in [0.1, 0.15) is 35.7 Å². The topological polar surface area (TPSA) is 56.0 Å². The molecule has 4 heteroatoms. The van der Waals surface area contributed by atoms with Crippen molar-refractivity contribution in [1.82, 2.24) is 4.98 Å². The van der Waals surface area contributed by atoms with E-state index < -0.39 is 0 Å². The van der Waals surface area contributed by atoms with Gasteiger partial charge < -0.3 is 5.73 Å². The van der Waals surface area contributed by atoms with Crippen LogP contribution in [0.3, 0.4) is 0 Å². The number of thioether (sulfide) groups is 1. The highest BCUT2D eigenvalue weighted by molar-refractivity contribution is 7.97. The summed E-state index contributed by atoms with van der Waals surface area (Å²) in [6.45, 7) is 0. The maximum atomic E-state index is 11.3. The minimum absolute atomic E-state index is 0.125. The van der Waals surface area contributed by atoms with E-state index in [1.165, 1.54) is 0 Å². The summed E-state index contributed by atoms with van der Waals surface area (Å²) in [7, 11) is 0. The highest BCUT2D eigenvalue weighted by Crippen LogP contribution is 2.30. The lowest BCUT2D eigenvalue weighted by molar-refractivity contribution is -0.119. The Morgan fingerprint density at radius 2 is 2.44 bits per heavy atom. The lowest BCUT2D eigenvalue weighted by atomic mass is 9.85. The molecule has 0 spiro atoms. The molecule has 1 aromatic heterocycles. The third-order valence-electron chi connectivity index (χ3n) is 2.98. The average molecular weight is 236 g/mol. The van der Waals surface area contributed by atoms with E-state index in [4.69, 9.17) is 5.73 Å². The van der Waals surface area contributed by atoms with Crippen LogP contribution in [0, 0.1) is 0 Å². The normalized spacial score (nSPS) is 19.2. The zero-order chi connectivity index (χ0) is 11.5. The number of aryl methyl sites for hydroxylation is 1. The molecule has 16 heavy (non-hydrogen) atoms. The first-order valence-electron chi connectivity index (χ1n) is 5.49. The number of fused-ring (bicyclic) bond motifs is 1. The molecular formula is C12H16N2OS. The van der Waals surface area contributed by atoms with Crippen molar-refractivity contribution in [2.75, 3.05) is 6.26 Å². The monoisotopic (exact) mass is 236 g/mol. The number of rotatable bonds is 3. The van der Waals surface area contributed by atoms with E-state index in [2.05, 4.69) is 11.2 Å². The number of pyridine rings is 1. The molecule has 0 fully saturated rings. The minimum atomic E-state index is -0.222. The van der Waals surface area contributed by atoms with E-state index in [1.54, 1.807) is 11.8 Å². The SMILES string of the molecule is CSCc1ccc2c(n1)CCCC2C(N)=O. The highest BCUT2D eigenvalue weighted by Gasteiger charge is 2.25. The Morgan fingerprint density at radius 3 is 3.12 bits per heavy atom. The molecule has 1 heterocycles. The van der Waals surface area contributed by atoms with Gasteiger partial charge in [0.15, 0.2) is 0 Å². The van der Waals surface area contributed by atoms with E-state index >= 15 is 0 Å². The van der Waals surface area contributed by atoms with Gasteiger partial charge in [-0.05, 0) is 37.1 Å². The number of nitrogens with zero attached hydrogens (tertiary/aromatic N) is 1. The van der Waals surface area contributed by atoms with Gasteiger partial charge in [0.05, 0.1) is 11.6 Å². The van der Waals surface area contributed by atoms with E-state index in [-0.39, 0.29) is 11.8 Å². The average Bonchev–Trinajstić information content (AvgIpc) is 2.28. The van der Waals surface area contributed by atoms with Gasteiger partial charge in [0, 0.05) is 11.4 Å². The van der Waals surface area contributed by atoms with Crippen molar-refractivity contribution in [3.05, 3.63) is 29.1 Å². The second-order valence-corrected chi connectivity index (χ2v) is 4.98. The molecule has 0 aromatic carbocycles. The maximum absolute atomic E-state index is 11.3. The first-order valence-corrected chi connectivity index (χ1v) is 6.88. The van der Waals surface area contributed by atoms with Gasteiger partial charge in [-0.2, -0.15) is 11.8 Å². The van der Waals surface area contributed by atoms with Crippen LogP contribution in [0.5, 0.6) is 0 Å². The fourth-order valence-electron chi connectivity index (χ4n) is 2.23. The van der Waals surface area contributed by atoms with Gasteiger partial charge in [-0.25, -0.2) is 0 Å². The zero-order valence-electron chi connectivity index (χ0n) is 9.40. The largest absolute Gasteiger partial charge is 0.369 e. The third-order valence-corrected chi connectivity index (χ3v) is 3.57. The summed E-state index contributed by atoms with van der Waals surface area (Å²) in [5.74, 6) is 0.578. The predicted octanol–water partition coefficient (Wildman–Crippen LogP) is 1.85. The van der Waals surface area contributed by atoms with Gasteiger partial charge in [0.2, 0.25) is 5.91 Å². The van der Waals surface area contributed by atoms with E-state index in [1.807, 2.05) is 12.1 Å². The van der Waals surface area contributed by atoms with Crippen molar-refractivity contribution >= 4 is 17.7 Å². The minimum Gasteiger partial charge on any atom is -0.369 e. The smallest absolute Gasteiger partial charge is 0.225 e. The summed E-state index contributed by atoms with van der Waals surface area (Å²) in [5.41, 5.74) is 8.62. The van der Waals surface area contributed by atoms with Crippen molar-refractivity contribution in [3.8, 4) is 0 Å². The van der Waals surface area contributed by atoms with E-state index in [9.17, 15) is 4.79 Å². The van der Waals surface area contributed by atoms with Crippen LogP contribution in [0.2, 0.25) is 0 Å². The number of carbonyl (C=O) groups excluding carboxylic acids is 1. The lowest BCUT2D eigenvalue weighted by Gasteiger charge is -2.22. The number of nitrogens with two attached hydrogens (primary N) is 1. The summed E-state index contributed by atoms with van der Waals surface area (Å²) < 4.78 is 0.